The van der Waals surface area contributed by atoms with Gasteiger partial charge in [0.2, 0.25) is 0 Å². The molecule has 1 aliphatic carbocycles. The lowest BCUT2D eigenvalue weighted by atomic mass is 9.97. The first-order valence-electron chi connectivity index (χ1n) is 7.07. The number of nitrogens with two attached hydrogens (primary N) is 1. The highest BCUT2D eigenvalue weighted by Crippen LogP contribution is 3.02. The Morgan fingerprint density at radius 3 is 2.00 bits per heavy atom. The average Bonchev–Trinajstić information content (AvgIpc) is 3.23. The Bertz CT molecular complexity index is 1050. The van der Waals surface area contributed by atoms with Crippen molar-refractivity contribution in [2.75, 3.05) is 5.73 Å². The number of nitrogen functional groups attached to an aromatic ring is 1. The molecule has 1 fully saturated rings. The number of nitrogens with zero attached hydrogens (tertiary/aromatic N) is 4. The maximum atomic E-state index is 13.0. The summed E-state index contributed by atoms with van der Waals surface area (Å²) in [7, 11) is -10.0. The largest absolute Gasteiger partial charge is 0.383 e. The van der Waals surface area contributed by atoms with E-state index < -0.39 is 36.3 Å². The van der Waals surface area contributed by atoms with Crippen molar-refractivity contribution in [3.63, 3.8) is 0 Å². The van der Waals surface area contributed by atoms with Gasteiger partial charge in [0.25, 0.3) is 0 Å². The summed E-state index contributed by atoms with van der Waals surface area (Å²) in [5.74, 6) is -0.227. The molecule has 13 heteroatoms. The summed E-state index contributed by atoms with van der Waals surface area (Å²) in [4.78, 5) is -2.27. The van der Waals surface area contributed by atoms with Gasteiger partial charge in [-0.05, 0) is 25.0 Å². The van der Waals surface area contributed by atoms with Crippen LogP contribution in [0.4, 0.5) is 25.2 Å². The maximum absolute atomic E-state index is 13.0. The second-order valence-electron chi connectivity index (χ2n) is 6.03. The van der Waals surface area contributed by atoms with Gasteiger partial charge in [-0.1, -0.05) is 42.6 Å². The summed E-state index contributed by atoms with van der Waals surface area (Å²) in [6, 6.07) is 3.82. The number of aromatic nitrogens is 2. The van der Waals surface area contributed by atoms with Crippen molar-refractivity contribution in [3.05, 3.63) is 33.4 Å². The lowest BCUT2D eigenvalue weighted by Gasteiger charge is -2.40. The van der Waals surface area contributed by atoms with Crippen molar-refractivity contribution in [2.45, 2.75) is 23.2 Å². The van der Waals surface area contributed by atoms with Crippen LogP contribution in [0.25, 0.3) is 5.69 Å². The summed E-state index contributed by atoms with van der Waals surface area (Å²) in [6.07, 6.45) is 0.831. The molecule has 2 aromatic rings. The van der Waals surface area contributed by atoms with Gasteiger partial charge >= 0.3 is 10.2 Å². The molecule has 1 heterocycles. The second-order valence-corrected chi connectivity index (χ2v) is 9.25. The minimum Gasteiger partial charge on any atom is -0.383 e. The fourth-order valence-electron chi connectivity index (χ4n) is 2.66. The molecule has 2 N–H and O–H groups in total. The van der Waals surface area contributed by atoms with Crippen LogP contribution in [0.1, 0.15) is 24.1 Å². The summed E-state index contributed by atoms with van der Waals surface area (Å²) in [6.45, 7) is 0. The van der Waals surface area contributed by atoms with E-state index in [9.17, 15) is 30.0 Å². The van der Waals surface area contributed by atoms with Crippen molar-refractivity contribution in [2.24, 2.45) is 0 Å². The maximum Gasteiger partial charge on any atom is 0.310 e. The topological polar surface area (TPSA) is 91.4 Å². The van der Waals surface area contributed by atoms with Crippen molar-refractivity contribution >= 4 is 39.2 Å². The SMILES string of the molecule is N#Cc1nn(-c2c(Cl)cc(S(F)(F)(F)(F)F)cc2Cl)c(N)c1C1(C#N)CC1. The van der Waals surface area contributed by atoms with Gasteiger partial charge in [0, 0.05) is 0 Å². The highest BCUT2D eigenvalue weighted by atomic mass is 35.5. The van der Waals surface area contributed by atoms with E-state index in [1.165, 1.54) is 0 Å². The molecule has 0 spiro atoms. The second kappa shape index (κ2) is 4.98. The van der Waals surface area contributed by atoms with Crippen LogP contribution in [0.3, 0.4) is 0 Å². The van der Waals surface area contributed by atoms with E-state index in [0.29, 0.717) is 12.8 Å². The molecular weight excluding hydrogens is 436 g/mol. The molecule has 0 unspecified atom stereocenters. The minimum absolute atomic E-state index is 0.0222. The monoisotopic (exact) mass is 443 g/mol. The van der Waals surface area contributed by atoms with Gasteiger partial charge < -0.3 is 5.73 Å². The zero-order valence-corrected chi connectivity index (χ0v) is 15.3. The number of anilines is 1. The molecule has 0 radical (unpaired) electrons. The fraction of sp³-hybridized carbons (Fsp3) is 0.214. The van der Waals surface area contributed by atoms with E-state index in [4.69, 9.17) is 28.9 Å². The Morgan fingerprint density at radius 1 is 1.11 bits per heavy atom. The van der Waals surface area contributed by atoms with Gasteiger partial charge in [0.1, 0.15) is 22.5 Å². The van der Waals surface area contributed by atoms with Crippen LogP contribution >= 0.6 is 33.4 Å². The third-order valence-corrected chi connectivity index (χ3v) is 5.82. The molecule has 0 aliphatic heterocycles. The van der Waals surface area contributed by atoms with Crippen LogP contribution in [0, 0.1) is 22.7 Å². The zero-order chi connectivity index (χ0) is 20.5. The molecule has 1 aliphatic rings. The van der Waals surface area contributed by atoms with Crippen LogP contribution in [-0.4, -0.2) is 9.78 Å². The van der Waals surface area contributed by atoms with Crippen LogP contribution in [-0.2, 0) is 5.41 Å². The number of hydrogen-bond donors (Lipinski definition) is 1. The molecule has 0 saturated heterocycles. The number of rotatable bonds is 3. The molecule has 0 amide bonds. The van der Waals surface area contributed by atoms with E-state index in [0.717, 1.165) is 4.68 Å². The highest BCUT2D eigenvalue weighted by Gasteiger charge is 2.65. The molecular formula is C14H8Cl2F5N5S. The van der Waals surface area contributed by atoms with Crippen molar-refractivity contribution in [1.29, 1.82) is 10.5 Å². The molecule has 27 heavy (non-hydrogen) atoms. The number of hydrogen-bond acceptors (Lipinski definition) is 4. The lowest BCUT2D eigenvalue weighted by molar-refractivity contribution is 0.364. The normalized spacial score (nSPS) is 18.1. The summed E-state index contributed by atoms with van der Waals surface area (Å²) in [5.41, 5.74) is 4.39. The third-order valence-electron chi connectivity index (χ3n) is 4.12. The van der Waals surface area contributed by atoms with Gasteiger partial charge in [0.15, 0.2) is 5.69 Å². The predicted molar refractivity (Wildman–Crippen MR) is 90.6 cm³/mol. The Balaban J connectivity index is 2.26. The Morgan fingerprint density at radius 2 is 1.63 bits per heavy atom. The number of benzene rings is 1. The quantitative estimate of drug-likeness (QED) is 0.602. The van der Waals surface area contributed by atoms with Crippen molar-refractivity contribution < 1.29 is 19.4 Å². The Hall–Kier alpha value is -2.21. The molecule has 3 rings (SSSR count). The van der Waals surface area contributed by atoms with Crippen LogP contribution in [0.5, 0.6) is 0 Å². The Kier molecular flexibility index (Phi) is 3.61. The molecule has 0 atom stereocenters. The molecule has 144 valence electrons. The van der Waals surface area contributed by atoms with E-state index in [1.807, 2.05) is 6.07 Å². The van der Waals surface area contributed by atoms with Gasteiger partial charge in [-0.15, -0.1) is 0 Å². The standard InChI is InChI=1S/C14H8Cl2F5N5S/c15-8-3-7(27(17,18,19,20)21)4-9(16)12(8)26-13(24)11(10(5-22)25-26)14(6-23)1-2-14/h3-4H,1-2,24H2. The zero-order valence-electron chi connectivity index (χ0n) is 13.0. The average molecular weight is 444 g/mol. The molecule has 0 bridgehead atoms. The lowest BCUT2D eigenvalue weighted by Crippen LogP contribution is -2.10. The van der Waals surface area contributed by atoms with Gasteiger partial charge in [-0.2, -0.15) is 15.6 Å². The van der Waals surface area contributed by atoms with Crippen molar-refractivity contribution in [1.82, 2.24) is 9.78 Å². The summed E-state index contributed by atoms with van der Waals surface area (Å²) < 4.78 is 65.8. The van der Waals surface area contributed by atoms with Gasteiger partial charge in [0.05, 0.1) is 27.1 Å². The molecule has 1 saturated carbocycles. The first-order valence-corrected chi connectivity index (χ1v) is 9.78. The third kappa shape index (κ3) is 3.16. The van der Waals surface area contributed by atoms with Crippen LogP contribution in [0.15, 0.2) is 17.0 Å². The van der Waals surface area contributed by atoms with E-state index in [1.54, 1.807) is 6.07 Å². The number of nitriles is 2. The molecule has 1 aromatic heterocycles. The van der Waals surface area contributed by atoms with E-state index >= 15 is 0 Å². The van der Waals surface area contributed by atoms with E-state index in [2.05, 4.69) is 5.10 Å². The Labute approximate surface area is 159 Å². The first kappa shape index (κ1) is 19.5. The summed E-state index contributed by atoms with van der Waals surface area (Å²) >= 11 is 11.6. The van der Waals surface area contributed by atoms with Crippen molar-refractivity contribution in [3.8, 4) is 17.8 Å². The summed E-state index contributed by atoms with van der Waals surface area (Å²) in [5, 5.41) is 20.8. The van der Waals surface area contributed by atoms with E-state index in [-0.39, 0.29) is 29.2 Å². The number of halogens is 7. The first-order chi connectivity index (χ1) is 12.1. The fourth-order valence-corrected chi connectivity index (χ4v) is 4.12. The van der Waals surface area contributed by atoms with Gasteiger partial charge in [-0.3, -0.25) is 0 Å². The van der Waals surface area contributed by atoms with Crippen LogP contribution < -0.4 is 5.73 Å². The van der Waals surface area contributed by atoms with Crippen LogP contribution in [0.2, 0.25) is 10.0 Å². The molecule has 1 aromatic carbocycles. The minimum atomic E-state index is -10.0. The smallest absolute Gasteiger partial charge is 0.310 e. The van der Waals surface area contributed by atoms with Gasteiger partial charge in [-0.25, -0.2) is 4.68 Å². The highest BCUT2D eigenvalue weighted by molar-refractivity contribution is 8.45. The molecule has 5 nitrogen and oxygen atoms in total. The predicted octanol–water partition coefficient (Wildman–Crippen LogP) is 5.85.